The number of hydrogen-bond acceptors (Lipinski definition) is 4. The highest BCUT2D eigenvalue weighted by Gasteiger charge is 2.35. The molecule has 1 fully saturated rings. The van der Waals surface area contributed by atoms with E-state index in [1.807, 2.05) is 91.0 Å². The van der Waals surface area contributed by atoms with E-state index in [-0.39, 0.29) is 17.7 Å². The molecule has 1 aliphatic heterocycles. The Morgan fingerprint density at radius 1 is 0.853 bits per heavy atom. The number of fused-ring (bicyclic) bond motifs is 1. The van der Waals surface area contributed by atoms with E-state index in [1.54, 1.807) is 6.08 Å². The first-order valence-electron chi connectivity index (χ1n) is 10.8. The largest absolute Gasteiger partial charge is 0.488 e. The van der Waals surface area contributed by atoms with E-state index in [4.69, 9.17) is 16.3 Å². The minimum Gasteiger partial charge on any atom is -0.488 e. The van der Waals surface area contributed by atoms with Gasteiger partial charge in [0.25, 0.3) is 11.1 Å². The number of nitrogens with zero attached hydrogens (tertiary/aromatic N) is 1. The van der Waals surface area contributed by atoms with Crippen LogP contribution in [0.25, 0.3) is 16.8 Å². The van der Waals surface area contributed by atoms with Gasteiger partial charge in [-0.05, 0) is 57.9 Å². The number of para-hydroxylation sites is 1. The second-order valence-corrected chi connectivity index (χ2v) is 9.29. The highest BCUT2D eigenvalue weighted by molar-refractivity contribution is 8.18. The van der Waals surface area contributed by atoms with Gasteiger partial charge in [0.1, 0.15) is 12.4 Å². The Hall–Kier alpha value is -3.54. The summed E-state index contributed by atoms with van der Waals surface area (Å²) >= 11 is 6.91. The molecule has 1 heterocycles. The van der Waals surface area contributed by atoms with Crippen LogP contribution in [0.1, 0.15) is 16.7 Å². The van der Waals surface area contributed by atoms with Crippen LogP contribution < -0.4 is 4.74 Å². The highest BCUT2D eigenvalue weighted by Crippen LogP contribution is 2.35. The average molecular weight is 486 g/mol. The molecule has 0 aliphatic carbocycles. The van der Waals surface area contributed by atoms with E-state index in [0.29, 0.717) is 22.3 Å². The number of carbonyl (C=O) groups is 2. The van der Waals surface area contributed by atoms with E-state index >= 15 is 0 Å². The smallest absolute Gasteiger partial charge is 0.293 e. The van der Waals surface area contributed by atoms with E-state index in [2.05, 4.69) is 0 Å². The lowest BCUT2D eigenvalue weighted by atomic mass is 10.0. The van der Waals surface area contributed by atoms with Crippen molar-refractivity contribution in [3.63, 3.8) is 0 Å². The third kappa shape index (κ3) is 4.72. The normalized spacial score (nSPS) is 14.9. The van der Waals surface area contributed by atoms with Crippen LogP contribution in [0.3, 0.4) is 0 Å². The summed E-state index contributed by atoms with van der Waals surface area (Å²) in [6.45, 7) is 0.600. The number of benzene rings is 4. The third-order valence-corrected chi connectivity index (χ3v) is 6.75. The number of ether oxygens (including phenoxy) is 1. The van der Waals surface area contributed by atoms with Gasteiger partial charge in [-0.3, -0.25) is 14.5 Å². The van der Waals surface area contributed by atoms with Crippen molar-refractivity contribution in [3.05, 3.63) is 118 Å². The fraction of sp³-hybridized carbons (Fsp3) is 0.0714. The molecule has 168 valence electrons. The molecule has 1 aliphatic rings. The van der Waals surface area contributed by atoms with Crippen molar-refractivity contribution in [2.45, 2.75) is 13.2 Å². The molecule has 1 saturated heterocycles. The monoisotopic (exact) mass is 485 g/mol. The van der Waals surface area contributed by atoms with Crippen LogP contribution in [0.5, 0.6) is 5.75 Å². The van der Waals surface area contributed by atoms with Gasteiger partial charge in [-0.15, -0.1) is 0 Å². The molecular formula is C28H20ClNO3S. The van der Waals surface area contributed by atoms with E-state index in [1.165, 1.54) is 4.90 Å². The minimum atomic E-state index is -0.296. The first-order valence-corrected chi connectivity index (χ1v) is 12.0. The van der Waals surface area contributed by atoms with Crippen LogP contribution in [-0.2, 0) is 17.9 Å². The predicted molar refractivity (Wildman–Crippen MR) is 138 cm³/mol. The lowest BCUT2D eigenvalue weighted by molar-refractivity contribution is -0.123. The number of halogens is 1. The Morgan fingerprint density at radius 2 is 1.59 bits per heavy atom. The number of amides is 2. The first-order chi connectivity index (χ1) is 16.6. The van der Waals surface area contributed by atoms with Crippen LogP contribution in [0.15, 0.2) is 95.9 Å². The Bertz CT molecular complexity index is 1410. The van der Waals surface area contributed by atoms with Crippen LogP contribution >= 0.6 is 23.4 Å². The molecule has 0 N–H and O–H groups in total. The van der Waals surface area contributed by atoms with Crippen LogP contribution in [-0.4, -0.2) is 16.0 Å². The van der Waals surface area contributed by atoms with Gasteiger partial charge in [0.05, 0.1) is 11.4 Å². The molecule has 0 saturated carbocycles. The fourth-order valence-corrected chi connectivity index (χ4v) is 4.81. The number of carbonyl (C=O) groups excluding carboxylic acids is 2. The van der Waals surface area contributed by atoms with Crippen molar-refractivity contribution in [1.82, 2.24) is 4.90 Å². The summed E-state index contributed by atoms with van der Waals surface area (Å²) in [5, 5.41) is 2.51. The third-order valence-electron chi connectivity index (χ3n) is 5.60. The second kappa shape index (κ2) is 9.75. The maximum Gasteiger partial charge on any atom is 0.293 e. The molecule has 0 bridgehead atoms. The number of thioether (sulfide) groups is 1. The number of imide groups is 1. The fourth-order valence-electron chi connectivity index (χ4n) is 3.85. The molecule has 0 unspecified atom stereocenters. The molecular weight excluding hydrogens is 466 g/mol. The van der Waals surface area contributed by atoms with Crippen LogP contribution in [0, 0.1) is 0 Å². The van der Waals surface area contributed by atoms with E-state index < -0.39 is 0 Å². The molecule has 0 aromatic heterocycles. The molecule has 6 heteroatoms. The molecule has 0 atom stereocenters. The van der Waals surface area contributed by atoms with E-state index in [9.17, 15) is 9.59 Å². The minimum absolute atomic E-state index is 0.234. The summed E-state index contributed by atoms with van der Waals surface area (Å²) in [6.07, 6.45) is 1.73. The molecule has 4 aromatic rings. The molecule has 4 nitrogen and oxygen atoms in total. The zero-order valence-electron chi connectivity index (χ0n) is 18.1. The van der Waals surface area contributed by atoms with Gasteiger partial charge in [-0.2, -0.15) is 0 Å². The van der Waals surface area contributed by atoms with Gasteiger partial charge in [-0.25, -0.2) is 0 Å². The lowest BCUT2D eigenvalue weighted by Crippen LogP contribution is -2.27. The van der Waals surface area contributed by atoms with Crippen molar-refractivity contribution in [2.24, 2.45) is 0 Å². The molecule has 4 aromatic carbocycles. The Labute approximate surface area is 206 Å². The average Bonchev–Trinajstić information content (AvgIpc) is 3.12. The quantitative estimate of drug-likeness (QED) is 0.269. The van der Waals surface area contributed by atoms with Gasteiger partial charge in [0.15, 0.2) is 0 Å². The summed E-state index contributed by atoms with van der Waals surface area (Å²) in [4.78, 5) is 27.6. The van der Waals surface area contributed by atoms with Crippen molar-refractivity contribution in [2.75, 3.05) is 0 Å². The molecule has 0 spiro atoms. The second-order valence-electron chi connectivity index (χ2n) is 7.86. The summed E-state index contributed by atoms with van der Waals surface area (Å²) < 4.78 is 6.00. The topological polar surface area (TPSA) is 46.6 Å². The number of hydrogen-bond donors (Lipinski definition) is 0. The van der Waals surface area contributed by atoms with Gasteiger partial charge in [0, 0.05) is 10.6 Å². The highest BCUT2D eigenvalue weighted by atomic mass is 35.5. The summed E-state index contributed by atoms with van der Waals surface area (Å²) in [6, 6.07) is 28.8. The van der Waals surface area contributed by atoms with Crippen molar-refractivity contribution in [3.8, 4) is 5.75 Å². The van der Waals surface area contributed by atoms with Crippen molar-refractivity contribution in [1.29, 1.82) is 0 Å². The Balaban J connectivity index is 1.36. The summed E-state index contributed by atoms with van der Waals surface area (Å²) in [7, 11) is 0. The Kier molecular flexibility index (Phi) is 6.39. The first kappa shape index (κ1) is 22.3. The molecule has 2 amide bonds. The standard InChI is InChI=1S/C28H20ClNO3S/c29-23-14-12-19(13-15-23)18-33-25-11-4-2-7-21(25)16-26-27(31)30(28(32)34-26)17-22-9-5-8-20-6-1-3-10-24(20)22/h1-16H,17-18H2/b26-16+. The lowest BCUT2D eigenvalue weighted by Gasteiger charge is -2.14. The maximum absolute atomic E-state index is 13.1. The molecule has 0 radical (unpaired) electrons. The summed E-state index contributed by atoms with van der Waals surface area (Å²) in [5.74, 6) is 0.341. The zero-order valence-corrected chi connectivity index (χ0v) is 19.7. The van der Waals surface area contributed by atoms with Gasteiger partial charge in [0.2, 0.25) is 0 Å². The van der Waals surface area contributed by atoms with Crippen LogP contribution in [0.4, 0.5) is 4.79 Å². The van der Waals surface area contributed by atoms with E-state index in [0.717, 1.165) is 39.2 Å². The SMILES string of the molecule is O=C1S/C(=C/c2ccccc2OCc2ccc(Cl)cc2)C(=O)N1Cc1cccc2ccccc12. The van der Waals surface area contributed by atoms with Crippen molar-refractivity contribution >= 4 is 51.4 Å². The van der Waals surface area contributed by atoms with Gasteiger partial charge < -0.3 is 4.74 Å². The molecule has 5 rings (SSSR count). The predicted octanol–water partition coefficient (Wildman–Crippen LogP) is 7.31. The van der Waals surface area contributed by atoms with Gasteiger partial charge >= 0.3 is 0 Å². The maximum atomic E-state index is 13.1. The molecule has 34 heavy (non-hydrogen) atoms. The van der Waals surface area contributed by atoms with Crippen LogP contribution in [0.2, 0.25) is 5.02 Å². The Morgan fingerprint density at radius 3 is 2.44 bits per heavy atom. The van der Waals surface area contributed by atoms with Crippen molar-refractivity contribution < 1.29 is 14.3 Å². The number of rotatable bonds is 6. The zero-order chi connectivity index (χ0) is 23.5. The summed E-state index contributed by atoms with van der Waals surface area (Å²) in [5.41, 5.74) is 2.66. The van der Waals surface area contributed by atoms with Gasteiger partial charge in [-0.1, -0.05) is 84.4 Å².